The van der Waals surface area contributed by atoms with Crippen LogP contribution in [0.1, 0.15) is 11.1 Å². The fraction of sp³-hybridized carbons (Fsp3) is 0.105. The number of thiocarbonyl (C=S) groups is 1. The highest BCUT2D eigenvalue weighted by Crippen LogP contribution is 2.34. The van der Waals surface area contributed by atoms with Gasteiger partial charge in [-0.3, -0.25) is 9.69 Å². The van der Waals surface area contributed by atoms with Crippen LogP contribution in [0.25, 0.3) is 6.08 Å². The zero-order valence-electron chi connectivity index (χ0n) is 13.2. The van der Waals surface area contributed by atoms with Gasteiger partial charge < -0.3 is 5.11 Å². The second kappa shape index (κ2) is 7.63. The fourth-order valence-corrected chi connectivity index (χ4v) is 3.93. The minimum Gasteiger partial charge on any atom is -0.480 e. The number of hydrogen-bond donors (Lipinski definition) is 1. The summed E-state index contributed by atoms with van der Waals surface area (Å²) in [6, 6.07) is 17.6. The van der Waals surface area contributed by atoms with Crippen LogP contribution >= 0.6 is 24.0 Å². The lowest BCUT2D eigenvalue weighted by Crippen LogP contribution is -2.45. The van der Waals surface area contributed by atoms with E-state index < -0.39 is 12.0 Å². The van der Waals surface area contributed by atoms with Crippen molar-refractivity contribution in [3.05, 3.63) is 76.7 Å². The molecule has 0 spiro atoms. The van der Waals surface area contributed by atoms with Crippen molar-refractivity contribution in [2.24, 2.45) is 0 Å². The molecule has 126 valence electrons. The van der Waals surface area contributed by atoms with E-state index in [2.05, 4.69) is 0 Å². The Morgan fingerprint density at radius 2 is 1.72 bits per heavy atom. The summed E-state index contributed by atoms with van der Waals surface area (Å²) < 4.78 is 0.274. The van der Waals surface area contributed by atoms with Crippen molar-refractivity contribution in [3.63, 3.8) is 0 Å². The summed E-state index contributed by atoms with van der Waals surface area (Å²) in [5.41, 5.74) is 1.72. The van der Waals surface area contributed by atoms with Crippen molar-refractivity contribution in [3.8, 4) is 0 Å². The number of carboxylic acid groups (broad SMARTS) is 1. The van der Waals surface area contributed by atoms with Crippen molar-refractivity contribution in [1.29, 1.82) is 0 Å². The highest BCUT2D eigenvalue weighted by molar-refractivity contribution is 8.26. The fourth-order valence-electron chi connectivity index (χ4n) is 2.58. The zero-order valence-corrected chi connectivity index (χ0v) is 14.8. The van der Waals surface area contributed by atoms with Crippen molar-refractivity contribution in [1.82, 2.24) is 4.90 Å². The Morgan fingerprint density at radius 3 is 2.32 bits per heavy atom. The van der Waals surface area contributed by atoms with Crippen molar-refractivity contribution in [2.75, 3.05) is 0 Å². The number of benzene rings is 2. The molecule has 1 N–H and O–H groups in total. The summed E-state index contributed by atoms with van der Waals surface area (Å²) in [5.74, 6) is -1.43. The molecule has 6 heteroatoms. The molecule has 1 aliphatic heterocycles. The molecule has 0 aliphatic carbocycles. The normalized spacial score (nSPS) is 17.1. The van der Waals surface area contributed by atoms with Crippen LogP contribution in [0.4, 0.5) is 0 Å². The van der Waals surface area contributed by atoms with Gasteiger partial charge in [0.15, 0.2) is 0 Å². The smallest absolute Gasteiger partial charge is 0.327 e. The summed E-state index contributed by atoms with van der Waals surface area (Å²) >= 11 is 6.42. The SMILES string of the molecule is O=C(O)[C@@H](Cc1ccccc1)N1C(=O)/C(=C\c2ccccc2)SC1=S. The number of amides is 1. The molecule has 0 unspecified atom stereocenters. The van der Waals surface area contributed by atoms with Gasteiger partial charge in [0.1, 0.15) is 10.4 Å². The Bertz CT molecular complexity index is 834. The topological polar surface area (TPSA) is 57.6 Å². The molecular weight excluding hydrogens is 354 g/mol. The van der Waals surface area contributed by atoms with E-state index in [0.717, 1.165) is 22.9 Å². The first kappa shape index (κ1) is 17.4. The number of hydrogen-bond acceptors (Lipinski definition) is 4. The van der Waals surface area contributed by atoms with E-state index in [4.69, 9.17) is 12.2 Å². The van der Waals surface area contributed by atoms with Crippen LogP contribution in [0.3, 0.4) is 0 Å². The molecule has 0 bridgehead atoms. The molecule has 1 fully saturated rings. The molecule has 2 aromatic rings. The molecule has 4 nitrogen and oxygen atoms in total. The Labute approximate surface area is 155 Å². The molecule has 25 heavy (non-hydrogen) atoms. The largest absolute Gasteiger partial charge is 0.480 e. The molecule has 0 saturated carbocycles. The van der Waals surface area contributed by atoms with E-state index in [1.165, 1.54) is 4.90 Å². The highest BCUT2D eigenvalue weighted by atomic mass is 32.2. The second-order valence-corrected chi connectivity index (χ2v) is 7.18. The predicted octanol–water partition coefficient (Wildman–Crippen LogP) is 3.58. The van der Waals surface area contributed by atoms with Gasteiger partial charge >= 0.3 is 5.97 Å². The van der Waals surface area contributed by atoms with Crippen molar-refractivity contribution >= 4 is 46.3 Å². The minimum absolute atomic E-state index is 0.210. The van der Waals surface area contributed by atoms with Crippen LogP contribution in [-0.2, 0) is 16.0 Å². The number of carbonyl (C=O) groups excluding carboxylic acids is 1. The van der Waals surface area contributed by atoms with Gasteiger partial charge in [0.05, 0.1) is 4.91 Å². The van der Waals surface area contributed by atoms with E-state index in [0.29, 0.717) is 4.91 Å². The third-order valence-corrected chi connectivity index (χ3v) is 5.12. The molecular formula is C19H15NO3S2. The maximum absolute atomic E-state index is 12.7. The van der Waals surface area contributed by atoms with Gasteiger partial charge in [-0.15, -0.1) is 0 Å². The number of carboxylic acids is 1. The molecule has 1 aliphatic rings. The van der Waals surface area contributed by atoms with E-state index in [1.54, 1.807) is 6.08 Å². The van der Waals surface area contributed by atoms with Gasteiger partial charge in [0.2, 0.25) is 0 Å². The van der Waals surface area contributed by atoms with Crippen molar-refractivity contribution < 1.29 is 14.7 Å². The van der Waals surface area contributed by atoms with Crippen LogP contribution in [0, 0.1) is 0 Å². The minimum atomic E-state index is -1.07. The monoisotopic (exact) mass is 369 g/mol. The average Bonchev–Trinajstić information content (AvgIpc) is 2.88. The number of aliphatic carboxylic acids is 1. The lowest BCUT2D eigenvalue weighted by molar-refractivity contribution is -0.145. The first-order chi connectivity index (χ1) is 12.1. The van der Waals surface area contributed by atoms with Gasteiger partial charge in [-0.2, -0.15) is 0 Å². The summed E-state index contributed by atoms with van der Waals surface area (Å²) in [4.78, 5) is 26.2. The molecule has 1 heterocycles. The molecule has 1 saturated heterocycles. The first-order valence-corrected chi connectivity index (χ1v) is 8.87. The third-order valence-electron chi connectivity index (χ3n) is 3.79. The quantitative estimate of drug-likeness (QED) is 0.645. The van der Waals surface area contributed by atoms with E-state index in [1.807, 2.05) is 60.7 Å². The van der Waals surface area contributed by atoms with Crippen LogP contribution < -0.4 is 0 Å². The van der Waals surface area contributed by atoms with Gasteiger partial charge in [-0.1, -0.05) is 84.6 Å². The van der Waals surface area contributed by atoms with Gasteiger partial charge in [-0.25, -0.2) is 4.79 Å². The van der Waals surface area contributed by atoms with E-state index >= 15 is 0 Å². The first-order valence-electron chi connectivity index (χ1n) is 7.65. The summed E-state index contributed by atoms with van der Waals surface area (Å²) in [6.07, 6.45) is 1.95. The standard InChI is InChI=1S/C19H15NO3S2/c21-17-16(12-14-9-5-2-6-10-14)25-19(24)20(17)15(18(22)23)11-13-7-3-1-4-8-13/h1-10,12,15H,11H2,(H,22,23)/b16-12+/t15-/m1/s1. The van der Waals surface area contributed by atoms with Gasteiger partial charge in [0, 0.05) is 6.42 Å². The number of thioether (sulfide) groups is 1. The Morgan fingerprint density at radius 1 is 1.12 bits per heavy atom. The van der Waals surface area contributed by atoms with Gasteiger partial charge in [0.25, 0.3) is 5.91 Å². The number of rotatable bonds is 5. The highest BCUT2D eigenvalue weighted by Gasteiger charge is 2.40. The van der Waals surface area contributed by atoms with Crippen molar-refractivity contribution in [2.45, 2.75) is 12.5 Å². The molecule has 1 amide bonds. The average molecular weight is 369 g/mol. The number of nitrogens with zero attached hydrogens (tertiary/aromatic N) is 1. The summed E-state index contributed by atoms with van der Waals surface area (Å²) in [5, 5.41) is 9.62. The molecule has 0 aromatic heterocycles. The Balaban J connectivity index is 1.87. The Kier molecular flexibility index (Phi) is 5.31. The zero-order chi connectivity index (χ0) is 17.8. The summed E-state index contributed by atoms with van der Waals surface area (Å²) in [6.45, 7) is 0. The Hall–Kier alpha value is -2.44. The third kappa shape index (κ3) is 3.97. The molecule has 3 rings (SSSR count). The van der Waals surface area contributed by atoms with Crippen LogP contribution in [0.2, 0.25) is 0 Å². The van der Waals surface area contributed by atoms with E-state index in [9.17, 15) is 14.7 Å². The maximum atomic E-state index is 12.7. The maximum Gasteiger partial charge on any atom is 0.327 e. The number of carbonyl (C=O) groups is 2. The van der Waals surface area contributed by atoms with Gasteiger partial charge in [-0.05, 0) is 17.2 Å². The van der Waals surface area contributed by atoms with E-state index in [-0.39, 0.29) is 16.6 Å². The predicted molar refractivity (Wildman–Crippen MR) is 103 cm³/mol. The van der Waals surface area contributed by atoms with Crippen LogP contribution in [0.15, 0.2) is 65.6 Å². The lowest BCUT2D eigenvalue weighted by atomic mass is 10.0. The van der Waals surface area contributed by atoms with Crippen LogP contribution in [0.5, 0.6) is 0 Å². The van der Waals surface area contributed by atoms with Crippen LogP contribution in [-0.4, -0.2) is 32.2 Å². The second-order valence-electron chi connectivity index (χ2n) is 5.51. The summed E-state index contributed by atoms with van der Waals surface area (Å²) in [7, 11) is 0. The lowest BCUT2D eigenvalue weighted by Gasteiger charge is -2.23. The molecule has 2 aromatic carbocycles. The molecule has 1 atom stereocenters. The molecule has 0 radical (unpaired) electrons.